The van der Waals surface area contributed by atoms with Gasteiger partial charge in [0.25, 0.3) is 0 Å². The van der Waals surface area contributed by atoms with Gasteiger partial charge in [-0.15, -0.1) is 0 Å². The molecule has 0 heterocycles. The van der Waals surface area contributed by atoms with Gasteiger partial charge in [-0.2, -0.15) is 0 Å². The first-order valence-corrected chi connectivity index (χ1v) is 5.70. The summed E-state index contributed by atoms with van der Waals surface area (Å²) in [6.45, 7) is 10.9. The fourth-order valence-electron chi connectivity index (χ4n) is 1.57. The van der Waals surface area contributed by atoms with Gasteiger partial charge in [0.15, 0.2) is 0 Å². The van der Waals surface area contributed by atoms with Crippen LogP contribution in [-0.4, -0.2) is 26.2 Å². The number of allylic oxidation sites excluding steroid dienone is 1. The molecule has 2 nitrogen and oxygen atoms in total. The first-order valence-electron chi connectivity index (χ1n) is 5.70. The molecule has 0 saturated carbocycles. The predicted molar refractivity (Wildman–Crippen MR) is 64.6 cm³/mol. The Hall–Kier alpha value is -0.340. The van der Waals surface area contributed by atoms with E-state index in [2.05, 4.69) is 44.4 Å². The van der Waals surface area contributed by atoms with Gasteiger partial charge in [0, 0.05) is 18.5 Å². The Morgan fingerprint density at radius 2 is 2.00 bits per heavy atom. The quantitative estimate of drug-likeness (QED) is 0.613. The molecule has 0 aliphatic rings. The van der Waals surface area contributed by atoms with E-state index in [0.717, 1.165) is 19.5 Å². The third kappa shape index (κ3) is 5.40. The fourth-order valence-corrected chi connectivity index (χ4v) is 1.57. The zero-order chi connectivity index (χ0) is 11.0. The van der Waals surface area contributed by atoms with Crippen molar-refractivity contribution in [1.29, 1.82) is 0 Å². The van der Waals surface area contributed by atoms with Crippen molar-refractivity contribution in [2.24, 2.45) is 5.92 Å². The summed E-state index contributed by atoms with van der Waals surface area (Å²) in [5.74, 6) is 0.597. The summed E-state index contributed by atoms with van der Waals surface area (Å²) in [7, 11) is 2.01. The van der Waals surface area contributed by atoms with Crippen molar-refractivity contribution in [1.82, 2.24) is 10.6 Å². The van der Waals surface area contributed by atoms with Gasteiger partial charge in [-0.25, -0.2) is 0 Å². The minimum atomic E-state index is 0.550. The summed E-state index contributed by atoms with van der Waals surface area (Å²) in [6, 6.07) is 0.550. The van der Waals surface area contributed by atoms with Crippen LogP contribution in [0, 0.1) is 5.92 Å². The third-order valence-corrected chi connectivity index (χ3v) is 2.66. The normalized spacial score (nSPS) is 16.8. The zero-order valence-electron chi connectivity index (χ0n) is 10.4. The van der Waals surface area contributed by atoms with Gasteiger partial charge in [-0.3, -0.25) is 0 Å². The van der Waals surface area contributed by atoms with Gasteiger partial charge >= 0.3 is 0 Å². The molecule has 0 fully saturated rings. The minimum Gasteiger partial charge on any atom is -0.319 e. The standard InChI is InChI=1S/C12H26N2/c1-6-10(3)8-12(9-13-5)11(4)14-7-2/h8,11-14H,6-7,9H2,1-5H3/b10-8-. The highest BCUT2D eigenvalue weighted by Crippen LogP contribution is 2.10. The Labute approximate surface area is 89.2 Å². The molecule has 0 radical (unpaired) electrons. The molecule has 0 saturated heterocycles. The van der Waals surface area contributed by atoms with E-state index >= 15 is 0 Å². The van der Waals surface area contributed by atoms with Crippen LogP contribution in [0.4, 0.5) is 0 Å². The topological polar surface area (TPSA) is 24.1 Å². The second-order valence-corrected chi connectivity index (χ2v) is 3.93. The van der Waals surface area contributed by atoms with Gasteiger partial charge in [-0.1, -0.05) is 25.5 Å². The van der Waals surface area contributed by atoms with Gasteiger partial charge < -0.3 is 10.6 Å². The molecular formula is C12H26N2. The average Bonchev–Trinajstić information content (AvgIpc) is 2.17. The van der Waals surface area contributed by atoms with Gasteiger partial charge in [0.05, 0.1) is 0 Å². The summed E-state index contributed by atoms with van der Waals surface area (Å²) in [5.41, 5.74) is 1.48. The molecule has 0 aromatic carbocycles. The molecule has 2 unspecified atom stereocenters. The van der Waals surface area contributed by atoms with E-state index in [1.807, 2.05) is 7.05 Å². The van der Waals surface area contributed by atoms with Crippen LogP contribution >= 0.6 is 0 Å². The summed E-state index contributed by atoms with van der Waals surface area (Å²) in [6.07, 6.45) is 3.54. The van der Waals surface area contributed by atoms with Gasteiger partial charge in [0.2, 0.25) is 0 Å². The Morgan fingerprint density at radius 3 is 2.43 bits per heavy atom. The number of rotatable bonds is 7. The van der Waals surface area contributed by atoms with E-state index in [9.17, 15) is 0 Å². The second kappa shape index (κ2) is 8.01. The van der Waals surface area contributed by atoms with Crippen molar-refractivity contribution in [3.8, 4) is 0 Å². The number of hydrogen-bond donors (Lipinski definition) is 2. The van der Waals surface area contributed by atoms with Crippen LogP contribution in [0.2, 0.25) is 0 Å². The maximum Gasteiger partial charge on any atom is 0.0114 e. The van der Waals surface area contributed by atoms with Crippen molar-refractivity contribution in [3.63, 3.8) is 0 Å². The van der Waals surface area contributed by atoms with E-state index in [-0.39, 0.29) is 0 Å². The second-order valence-electron chi connectivity index (χ2n) is 3.93. The highest BCUT2D eigenvalue weighted by Gasteiger charge is 2.12. The molecule has 2 atom stereocenters. The summed E-state index contributed by atoms with van der Waals surface area (Å²) in [5, 5.41) is 6.73. The highest BCUT2D eigenvalue weighted by molar-refractivity contribution is 5.03. The molecule has 0 spiro atoms. The van der Waals surface area contributed by atoms with E-state index in [4.69, 9.17) is 0 Å². The summed E-state index contributed by atoms with van der Waals surface area (Å²) >= 11 is 0. The lowest BCUT2D eigenvalue weighted by atomic mass is 9.97. The predicted octanol–water partition coefficient (Wildman–Crippen LogP) is 2.18. The van der Waals surface area contributed by atoms with E-state index < -0.39 is 0 Å². The van der Waals surface area contributed by atoms with Crippen LogP contribution in [-0.2, 0) is 0 Å². The Balaban J connectivity index is 4.26. The molecule has 0 aliphatic heterocycles. The molecule has 0 rings (SSSR count). The van der Waals surface area contributed by atoms with Crippen LogP contribution in [0.5, 0.6) is 0 Å². The van der Waals surface area contributed by atoms with Crippen LogP contribution in [0.25, 0.3) is 0 Å². The summed E-state index contributed by atoms with van der Waals surface area (Å²) < 4.78 is 0. The van der Waals surface area contributed by atoms with Crippen LogP contribution in [0.3, 0.4) is 0 Å². The smallest absolute Gasteiger partial charge is 0.0114 e. The third-order valence-electron chi connectivity index (χ3n) is 2.66. The van der Waals surface area contributed by atoms with Gasteiger partial charge in [0.1, 0.15) is 0 Å². The molecule has 2 heteroatoms. The Morgan fingerprint density at radius 1 is 1.36 bits per heavy atom. The highest BCUT2D eigenvalue weighted by atomic mass is 14.9. The van der Waals surface area contributed by atoms with Gasteiger partial charge in [-0.05, 0) is 33.9 Å². The van der Waals surface area contributed by atoms with Crippen LogP contribution < -0.4 is 10.6 Å². The maximum atomic E-state index is 3.48. The molecule has 0 aromatic rings. The van der Waals surface area contributed by atoms with E-state index in [1.54, 1.807) is 0 Å². The summed E-state index contributed by atoms with van der Waals surface area (Å²) in [4.78, 5) is 0. The molecule has 0 aromatic heterocycles. The lowest BCUT2D eigenvalue weighted by Gasteiger charge is -2.22. The molecule has 2 N–H and O–H groups in total. The molecular weight excluding hydrogens is 172 g/mol. The van der Waals surface area contributed by atoms with E-state index in [0.29, 0.717) is 12.0 Å². The van der Waals surface area contributed by atoms with Crippen molar-refractivity contribution in [2.45, 2.75) is 40.2 Å². The van der Waals surface area contributed by atoms with E-state index in [1.165, 1.54) is 5.57 Å². The van der Waals surface area contributed by atoms with Crippen molar-refractivity contribution >= 4 is 0 Å². The maximum absolute atomic E-state index is 3.48. The Bertz CT molecular complexity index is 164. The molecule has 84 valence electrons. The molecule has 0 bridgehead atoms. The lowest BCUT2D eigenvalue weighted by molar-refractivity contribution is 0.430. The molecule has 0 amide bonds. The minimum absolute atomic E-state index is 0.550. The lowest BCUT2D eigenvalue weighted by Crippen LogP contribution is -2.37. The fraction of sp³-hybridized carbons (Fsp3) is 0.833. The van der Waals surface area contributed by atoms with Crippen LogP contribution in [0.1, 0.15) is 34.1 Å². The monoisotopic (exact) mass is 198 g/mol. The molecule has 0 aliphatic carbocycles. The number of nitrogens with one attached hydrogen (secondary N) is 2. The van der Waals surface area contributed by atoms with Crippen molar-refractivity contribution < 1.29 is 0 Å². The van der Waals surface area contributed by atoms with Crippen molar-refractivity contribution in [2.75, 3.05) is 20.1 Å². The largest absolute Gasteiger partial charge is 0.319 e. The number of hydrogen-bond acceptors (Lipinski definition) is 2. The molecule has 14 heavy (non-hydrogen) atoms. The van der Waals surface area contributed by atoms with Crippen LogP contribution in [0.15, 0.2) is 11.6 Å². The first-order chi connectivity index (χ1) is 6.65. The first kappa shape index (κ1) is 13.7. The zero-order valence-corrected chi connectivity index (χ0v) is 10.4. The SMILES string of the molecule is CCNC(C)C(/C=C(/C)CC)CNC. The van der Waals surface area contributed by atoms with Crippen molar-refractivity contribution in [3.05, 3.63) is 11.6 Å². The Kier molecular flexibility index (Phi) is 7.81. The average molecular weight is 198 g/mol.